The Balaban J connectivity index is 1.47. The number of ether oxygens (including phenoxy) is 2. The number of hydrogen-bond donors (Lipinski definition) is 1. The molecule has 1 saturated heterocycles. The van der Waals surface area contributed by atoms with E-state index >= 15 is 0 Å². The molecular weight excluding hydrogens is 566 g/mol. The number of nitrogens with one attached hydrogen (secondary N) is 1. The molecule has 0 aliphatic carbocycles. The maximum absolute atomic E-state index is 13.7. The molecule has 3 aromatic carbocycles. The highest BCUT2D eigenvalue weighted by Gasteiger charge is 2.29. The fourth-order valence-corrected chi connectivity index (χ4v) is 7.51. The van der Waals surface area contributed by atoms with Crippen molar-refractivity contribution in [2.75, 3.05) is 33.9 Å². The van der Waals surface area contributed by atoms with Gasteiger partial charge in [0.2, 0.25) is 26.0 Å². The van der Waals surface area contributed by atoms with Crippen LogP contribution in [0, 0.1) is 0 Å². The normalized spacial score (nSPS) is 14.5. The number of rotatable bonds is 12. The predicted molar refractivity (Wildman–Crippen MR) is 154 cm³/mol. The lowest BCUT2D eigenvalue weighted by Crippen LogP contribution is -2.40. The van der Waals surface area contributed by atoms with Gasteiger partial charge in [-0.05, 0) is 48.2 Å². The maximum Gasteiger partial charge on any atom is 0.243 e. The van der Waals surface area contributed by atoms with Gasteiger partial charge in [-0.3, -0.25) is 4.79 Å². The second-order valence-corrected chi connectivity index (χ2v) is 13.5. The molecular formula is C29H35N3O7S2. The van der Waals surface area contributed by atoms with Gasteiger partial charge in [-0.1, -0.05) is 48.9 Å². The number of methoxy groups -OCH3 is 2. The van der Waals surface area contributed by atoms with Crippen LogP contribution in [0.3, 0.4) is 0 Å². The van der Waals surface area contributed by atoms with E-state index in [0.717, 1.165) is 29.1 Å². The highest BCUT2D eigenvalue weighted by molar-refractivity contribution is 7.89. The van der Waals surface area contributed by atoms with Crippen molar-refractivity contribution in [1.29, 1.82) is 0 Å². The number of hydrogen-bond acceptors (Lipinski definition) is 7. The highest BCUT2D eigenvalue weighted by atomic mass is 32.2. The number of sulfonamides is 2. The van der Waals surface area contributed by atoms with E-state index in [4.69, 9.17) is 9.47 Å². The third-order valence-corrected chi connectivity index (χ3v) is 10.6. The number of benzene rings is 3. The van der Waals surface area contributed by atoms with E-state index in [1.807, 2.05) is 6.07 Å². The summed E-state index contributed by atoms with van der Waals surface area (Å²) in [5.41, 5.74) is 1.41. The summed E-state index contributed by atoms with van der Waals surface area (Å²) in [6, 6.07) is 19.6. The van der Waals surface area contributed by atoms with Crippen molar-refractivity contribution in [3.63, 3.8) is 0 Å². The van der Waals surface area contributed by atoms with Crippen molar-refractivity contribution in [3.8, 4) is 11.5 Å². The number of carbonyl (C=O) groups is 1. The van der Waals surface area contributed by atoms with E-state index in [-0.39, 0.29) is 28.6 Å². The Bertz CT molecular complexity index is 1540. The zero-order valence-electron chi connectivity index (χ0n) is 23.2. The molecule has 0 radical (unpaired) electrons. The highest BCUT2D eigenvalue weighted by Crippen LogP contribution is 2.31. The van der Waals surface area contributed by atoms with Gasteiger partial charge in [0.1, 0.15) is 0 Å². The Morgan fingerprint density at radius 3 is 2.07 bits per heavy atom. The van der Waals surface area contributed by atoms with E-state index in [2.05, 4.69) is 5.32 Å². The molecule has 3 aromatic rings. The van der Waals surface area contributed by atoms with Crippen molar-refractivity contribution in [2.45, 2.75) is 42.1 Å². The zero-order chi connectivity index (χ0) is 29.5. The summed E-state index contributed by atoms with van der Waals surface area (Å²) in [7, 11) is -4.78. The number of piperidine rings is 1. The average Bonchev–Trinajstić information content (AvgIpc) is 3.00. The molecule has 1 fully saturated rings. The van der Waals surface area contributed by atoms with Gasteiger partial charge in [-0.25, -0.2) is 16.8 Å². The van der Waals surface area contributed by atoms with Crippen molar-refractivity contribution in [1.82, 2.24) is 13.9 Å². The van der Waals surface area contributed by atoms with Crippen LogP contribution in [0.15, 0.2) is 82.6 Å². The average molecular weight is 602 g/mol. The van der Waals surface area contributed by atoms with Crippen LogP contribution in [0.1, 0.15) is 30.4 Å². The first-order chi connectivity index (χ1) is 19.6. The van der Waals surface area contributed by atoms with E-state index in [1.165, 1.54) is 48.9 Å². The number of carbonyl (C=O) groups excluding carboxylic acids is 1. The lowest BCUT2D eigenvalue weighted by molar-refractivity contribution is -0.121. The van der Waals surface area contributed by atoms with E-state index < -0.39 is 32.5 Å². The molecule has 1 aliphatic heterocycles. The molecule has 1 aliphatic rings. The van der Waals surface area contributed by atoms with Crippen molar-refractivity contribution < 1.29 is 31.1 Å². The van der Waals surface area contributed by atoms with Gasteiger partial charge in [-0.2, -0.15) is 8.61 Å². The van der Waals surface area contributed by atoms with Crippen LogP contribution in [0.2, 0.25) is 0 Å². The lowest BCUT2D eigenvalue weighted by Gasteiger charge is -2.25. The van der Waals surface area contributed by atoms with Crippen LogP contribution in [0.5, 0.6) is 11.5 Å². The molecule has 12 heteroatoms. The number of amides is 1. The van der Waals surface area contributed by atoms with Gasteiger partial charge in [0.05, 0.1) is 30.6 Å². The maximum atomic E-state index is 13.7. The van der Waals surface area contributed by atoms with Crippen molar-refractivity contribution in [3.05, 3.63) is 83.9 Å². The molecule has 0 bridgehead atoms. The van der Waals surface area contributed by atoms with Gasteiger partial charge in [0, 0.05) is 32.2 Å². The predicted octanol–water partition coefficient (Wildman–Crippen LogP) is 3.39. The second kappa shape index (κ2) is 13.5. The molecule has 41 heavy (non-hydrogen) atoms. The first-order valence-corrected chi connectivity index (χ1v) is 16.1. The smallest absolute Gasteiger partial charge is 0.243 e. The number of nitrogens with zero attached hydrogens (tertiary/aromatic N) is 2. The molecule has 0 spiro atoms. The summed E-state index contributed by atoms with van der Waals surface area (Å²) in [5.74, 6) is 0.131. The Labute approximate surface area is 242 Å². The second-order valence-electron chi connectivity index (χ2n) is 9.66. The Kier molecular flexibility index (Phi) is 10.0. The van der Waals surface area contributed by atoms with Crippen LogP contribution < -0.4 is 14.8 Å². The van der Waals surface area contributed by atoms with E-state index in [1.54, 1.807) is 36.4 Å². The summed E-state index contributed by atoms with van der Waals surface area (Å²) in [6.45, 7) is 0.705. The molecule has 10 nitrogen and oxygen atoms in total. The molecule has 1 amide bonds. The largest absolute Gasteiger partial charge is 0.493 e. The molecule has 1 heterocycles. The van der Waals surface area contributed by atoms with Crippen LogP contribution in [0.25, 0.3) is 0 Å². The van der Waals surface area contributed by atoms with E-state index in [9.17, 15) is 21.6 Å². The standard InChI is InChI=1S/C29H35N3O7S2/c1-38-27-16-15-26(19-28(27)39-2)41(36,37)32(21-24-9-5-3-6-10-24)22-29(33)30-20-23-11-13-25(14-12-23)40(34,35)31-17-7-4-8-18-31/h3,5-6,9-16,19H,4,7-8,17-18,20-22H2,1-2H3,(H,30,33). The van der Waals surface area contributed by atoms with Gasteiger partial charge in [0.25, 0.3) is 0 Å². The third-order valence-electron chi connectivity index (χ3n) is 6.88. The third kappa shape index (κ3) is 7.45. The molecule has 220 valence electrons. The summed E-state index contributed by atoms with van der Waals surface area (Å²) >= 11 is 0. The summed E-state index contributed by atoms with van der Waals surface area (Å²) in [6.07, 6.45) is 2.74. The van der Waals surface area contributed by atoms with Crippen LogP contribution in [-0.4, -0.2) is 65.2 Å². The van der Waals surface area contributed by atoms with E-state index in [0.29, 0.717) is 24.4 Å². The topological polar surface area (TPSA) is 122 Å². The molecule has 1 N–H and O–H groups in total. The summed E-state index contributed by atoms with van der Waals surface area (Å²) in [5, 5.41) is 2.75. The zero-order valence-corrected chi connectivity index (χ0v) is 24.8. The fraction of sp³-hybridized carbons (Fsp3) is 0.345. The first-order valence-electron chi connectivity index (χ1n) is 13.3. The Hall–Kier alpha value is -3.45. The molecule has 0 aromatic heterocycles. The van der Waals surface area contributed by atoms with Gasteiger partial charge >= 0.3 is 0 Å². The SMILES string of the molecule is COc1ccc(S(=O)(=O)N(CC(=O)NCc2ccc(S(=O)(=O)N3CCCCC3)cc2)Cc2ccccc2)cc1OC. The van der Waals surface area contributed by atoms with Gasteiger partial charge in [-0.15, -0.1) is 0 Å². The van der Waals surface area contributed by atoms with Crippen molar-refractivity contribution in [2.24, 2.45) is 0 Å². The minimum absolute atomic E-state index is 0.0198. The fourth-order valence-electron chi connectivity index (χ4n) is 4.59. The van der Waals surface area contributed by atoms with Crippen LogP contribution >= 0.6 is 0 Å². The van der Waals surface area contributed by atoms with Gasteiger partial charge in [0.15, 0.2) is 11.5 Å². The minimum atomic E-state index is -4.10. The monoisotopic (exact) mass is 601 g/mol. The van der Waals surface area contributed by atoms with Crippen LogP contribution in [0.4, 0.5) is 0 Å². The minimum Gasteiger partial charge on any atom is -0.493 e. The molecule has 0 atom stereocenters. The van der Waals surface area contributed by atoms with Gasteiger partial charge < -0.3 is 14.8 Å². The van der Waals surface area contributed by atoms with Crippen LogP contribution in [-0.2, 0) is 37.9 Å². The Morgan fingerprint density at radius 2 is 1.44 bits per heavy atom. The molecule has 0 unspecified atom stereocenters. The first kappa shape index (κ1) is 30.5. The summed E-state index contributed by atoms with van der Waals surface area (Å²) in [4.78, 5) is 13.2. The summed E-state index contributed by atoms with van der Waals surface area (Å²) < 4.78 is 66.2. The Morgan fingerprint density at radius 1 is 0.805 bits per heavy atom. The quantitative estimate of drug-likeness (QED) is 0.338. The molecule has 4 rings (SSSR count). The van der Waals surface area contributed by atoms with Crippen molar-refractivity contribution >= 4 is 26.0 Å². The molecule has 0 saturated carbocycles. The lowest BCUT2D eigenvalue weighted by atomic mass is 10.2.